The number of aliphatic hydroxyl groups is 1. The fourth-order valence-electron chi connectivity index (χ4n) is 3.67. The number of H-pyrrole nitrogens is 1. The van der Waals surface area contributed by atoms with Crippen molar-refractivity contribution in [2.45, 2.75) is 49.9 Å². The van der Waals surface area contributed by atoms with E-state index in [2.05, 4.69) is 20.9 Å². The second-order valence-corrected chi connectivity index (χ2v) is 9.65. The summed E-state index contributed by atoms with van der Waals surface area (Å²) in [6.45, 7) is -0.782. The van der Waals surface area contributed by atoms with Crippen LogP contribution in [-0.4, -0.2) is 87.6 Å². The number of aliphatic hydroxyl groups excluding tert-OH is 1. The number of carboxylic acids is 1. The Morgan fingerprint density at radius 1 is 0.974 bits per heavy atom. The molecule has 0 saturated carbocycles. The van der Waals surface area contributed by atoms with Gasteiger partial charge in [0.2, 0.25) is 23.6 Å². The van der Waals surface area contributed by atoms with E-state index in [1.165, 1.54) is 11.8 Å². The third-order valence-electron chi connectivity index (χ3n) is 5.81. The van der Waals surface area contributed by atoms with E-state index in [-0.39, 0.29) is 19.3 Å². The summed E-state index contributed by atoms with van der Waals surface area (Å²) < 4.78 is 0. The fourth-order valence-corrected chi connectivity index (χ4v) is 4.16. The lowest BCUT2D eigenvalue weighted by Gasteiger charge is -2.24. The molecular formula is C24H34N6O7S. The van der Waals surface area contributed by atoms with E-state index in [4.69, 9.17) is 11.5 Å². The molecule has 4 atom stereocenters. The van der Waals surface area contributed by atoms with Crippen molar-refractivity contribution in [3.05, 3.63) is 36.0 Å². The summed E-state index contributed by atoms with van der Waals surface area (Å²) in [6, 6.07) is 2.23. The van der Waals surface area contributed by atoms with Crippen LogP contribution in [0.25, 0.3) is 10.9 Å². The SMILES string of the molecule is CSCCC(N)C(=O)NC(CO)C(=O)NC(CCC(N)=O)C(=O)NC(Cc1c[nH]c2ccccc12)C(=O)O. The Morgan fingerprint density at radius 2 is 1.61 bits per heavy atom. The van der Waals surface area contributed by atoms with Crippen LogP contribution in [-0.2, 0) is 30.4 Å². The number of carbonyl (C=O) groups is 5. The normalized spacial score (nSPS) is 14.2. The zero-order valence-corrected chi connectivity index (χ0v) is 21.8. The van der Waals surface area contributed by atoms with Crippen LogP contribution < -0.4 is 27.4 Å². The number of para-hydroxylation sites is 1. The first-order valence-electron chi connectivity index (χ1n) is 11.9. The number of hydrogen-bond acceptors (Lipinski definition) is 8. The van der Waals surface area contributed by atoms with Gasteiger partial charge in [-0.05, 0) is 36.5 Å². The van der Waals surface area contributed by atoms with Gasteiger partial charge in [0.05, 0.1) is 12.6 Å². The quantitative estimate of drug-likeness (QED) is 0.122. The van der Waals surface area contributed by atoms with Crippen molar-refractivity contribution in [1.29, 1.82) is 0 Å². The van der Waals surface area contributed by atoms with Crippen LogP contribution >= 0.6 is 11.8 Å². The lowest BCUT2D eigenvalue weighted by molar-refractivity contribution is -0.142. The molecule has 10 N–H and O–H groups in total. The number of aromatic nitrogens is 1. The Morgan fingerprint density at radius 3 is 2.24 bits per heavy atom. The van der Waals surface area contributed by atoms with E-state index in [1.807, 2.05) is 24.5 Å². The second kappa shape index (κ2) is 15.0. The molecule has 4 unspecified atom stereocenters. The number of aromatic amines is 1. The topological polar surface area (TPSA) is 230 Å². The van der Waals surface area contributed by atoms with E-state index in [9.17, 15) is 34.2 Å². The average molecular weight is 551 g/mol. The molecule has 1 aromatic heterocycles. The number of rotatable bonds is 16. The van der Waals surface area contributed by atoms with Gasteiger partial charge in [-0.1, -0.05) is 18.2 Å². The standard InChI is InChI=1S/C24H34N6O7S/c1-38-9-8-15(25)21(33)30-19(12-31)23(35)28-17(6-7-20(26)32)22(34)29-18(24(36)37)10-13-11-27-16-5-3-2-4-14(13)16/h2-5,11,15,17-19,27,31H,6-10,12,25H2,1H3,(H2,26,32)(H,28,35)(H,29,34)(H,30,33)(H,36,37). The average Bonchev–Trinajstić information content (AvgIpc) is 3.29. The molecule has 1 aromatic carbocycles. The van der Waals surface area contributed by atoms with Gasteiger partial charge in [-0.3, -0.25) is 19.2 Å². The van der Waals surface area contributed by atoms with Crippen molar-refractivity contribution >= 4 is 52.3 Å². The van der Waals surface area contributed by atoms with Gasteiger partial charge >= 0.3 is 5.97 Å². The van der Waals surface area contributed by atoms with Crippen LogP contribution in [0.2, 0.25) is 0 Å². The van der Waals surface area contributed by atoms with E-state index < -0.39 is 60.4 Å². The number of thioether (sulfide) groups is 1. The van der Waals surface area contributed by atoms with Crippen LogP contribution in [0.15, 0.2) is 30.5 Å². The molecule has 0 saturated heterocycles. The van der Waals surface area contributed by atoms with Gasteiger partial charge in [0.1, 0.15) is 18.1 Å². The van der Waals surface area contributed by atoms with Gasteiger partial charge in [0.25, 0.3) is 0 Å². The third kappa shape index (κ3) is 9.04. The molecule has 0 fully saturated rings. The number of hydrogen-bond donors (Lipinski definition) is 8. The van der Waals surface area contributed by atoms with Gasteiger partial charge in [-0.25, -0.2) is 4.79 Å². The van der Waals surface area contributed by atoms with Crippen molar-refractivity contribution in [1.82, 2.24) is 20.9 Å². The van der Waals surface area contributed by atoms with Crippen LogP contribution in [0.4, 0.5) is 0 Å². The van der Waals surface area contributed by atoms with E-state index in [0.29, 0.717) is 17.7 Å². The number of amides is 4. The maximum Gasteiger partial charge on any atom is 0.326 e. The van der Waals surface area contributed by atoms with Crippen LogP contribution in [0.3, 0.4) is 0 Å². The zero-order valence-electron chi connectivity index (χ0n) is 20.9. The minimum atomic E-state index is -1.42. The van der Waals surface area contributed by atoms with Gasteiger partial charge in [-0.15, -0.1) is 0 Å². The molecule has 14 heteroatoms. The first kappa shape index (κ1) is 30.6. The zero-order chi connectivity index (χ0) is 28.2. The third-order valence-corrected chi connectivity index (χ3v) is 6.46. The summed E-state index contributed by atoms with van der Waals surface area (Å²) in [5.41, 5.74) is 12.5. The Balaban J connectivity index is 2.13. The molecule has 4 amide bonds. The highest BCUT2D eigenvalue weighted by molar-refractivity contribution is 7.98. The van der Waals surface area contributed by atoms with Crippen molar-refractivity contribution < 1.29 is 34.2 Å². The van der Waals surface area contributed by atoms with Gasteiger partial charge in [0.15, 0.2) is 0 Å². The summed E-state index contributed by atoms with van der Waals surface area (Å²) in [5, 5.41) is 27.3. The molecule has 1 heterocycles. The maximum atomic E-state index is 13.0. The molecule has 0 spiro atoms. The highest BCUT2D eigenvalue weighted by Gasteiger charge is 2.30. The summed E-state index contributed by atoms with van der Waals surface area (Å²) in [4.78, 5) is 64.4. The summed E-state index contributed by atoms with van der Waals surface area (Å²) in [7, 11) is 0. The van der Waals surface area contributed by atoms with Crippen LogP contribution in [0.1, 0.15) is 24.8 Å². The second-order valence-electron chi connectivity index (χ2n) is 8.66. The largest absolute Gasteiger partial charge is 0.480 e. The smallest absolute Gasteiger partial charge is 0.326 e. The van der Waals surface area contributed by atoms with Crippen LogP contribution in [0.5, 0.6) is 0 Å². The number of fused-ring (bicyclic) bond motifs is 1. The summed E-state index contributed by atoms with van der Waals surface area (Å²) >= 11 is 1.49. The molecule has 0 aliphatic rings. The Labute approximate surface area is 223 Å². The molecule has 0 radical (unpaired) electrons. The first-order chi connectivity index (χ1) is 18.1. The Kier molecular flexibility index (Phi) is 12.0. The molecule has 2 aromatic rings. The molecule has 2 rings (SSSR count). The van der Waals surface area contributed by atoms with Gasteiger partial charge < -0.3 is 42.6 Å². The highest BCUT2D eigenvalue weighted by atomic mass is 32.2. The molecule has 0 aliphatic carbocycles. The first-order valence-corrected chi connectivity index (χ1v) is 13.3. The van der Waals surface area contributed by atoms with Crippen molar-refractivity contribution in [3.8, 4) is 0 Å². The minimum absolute atomic E-state index is 0.0508. The van der Waals surface area contributed by atoms with Gasteiger partial charge in [0, 0.05) is 29.9 Å². The van der Waals surface area contributed by atoms with Crippen molar-refractivity contribution in [3.63, 3.8) is 0 Å². The van der Waals surface area contributed by atoms with E-state index >= 15 is 0 Å². The number of primary amides is 1. The Hall–Kier alpha value is -3.62. The predicted octanol–water partition coefficient (Wildman–Crippen LogP) is -1.41. The van der Waals surface area contributed by atoms with Crippen LogP contribution in [0, 0.1) is 0 Å². The number of nitrogens with two attached hydrogens (primary N) is 2. The predicted molar refractivity (Wildman–Crippen MR) is 142 cm³/mol. The number of carbonyl (C=O) groups excluding carboxylic acids is 4. The molecule has 38 heavy (non-hydrogen) atoms. The maximum absolute atomic E-state index is 13.0. The lowest BCUT2D eigenvalue weighted by Crippen LogP contribution is -2.58. The molecule has 208 valence electrons. The van der Waals surface area contributed by atoms with Gasteiger partial charge in [-0.2, -0.15) is 11.8 Å². The highest BCUT2D eigenvalue weighted by Crippen LogP contribution is 2.19. The lowest BCUT2D eigenvalue weighted by atomic mass is 10.0. The fraction of sp³-hybridized carbons (Fsp3) is 0.458. The van der Waals surface area contributed by atoms with E-state index in [1.54, 1.807) is 12.3 Å². The minimum Gasteiger partial charge on any atom is -0.480 e. The molecular weight excluding hydrogens is 516 g/mol. The number of benzene rings is 1. The summed E-state index contributed by atoms with van der Waals surface area (Å²) in [5.74, 6) is -3.86. The van der Waals surface area contributed by atoms with Crippen molar-refractivity contribution in [2.24, 2.45) is 11.5 Å². The summed E-state index contributed by atoms with van der Waals surface area (Å²) in [6.07, 6.45) is 3.28. The monoisotopic (exact) mass is 550 g/mol. The number of nitrogens with one attached hydrogen (secondary N) is 4. The Bertz CT molecular complexity index is 1140. The number of aliphatic carboxylic acids is 1. The van der Waals surface area contributed by atoms with Crippen molar-refractivity contribution in [2.75, 3.05) is 18.6 Å². The molecule has 13 nitrogen and oxygen atoms in total. The molecule has 0 bridgehead atoms. The number of carboxylic acid groups (broad SMARTS) is 1. The van der Waals surface area contributed by atoms with E-state index in [0.717, 1.165) is 10.9 Å². The molecule has 0 aliphatic heterocycles.